The summed E-state index contributed by atoms with van der Waals surface area (Å²) in [5, 5.41) is 5.98. The van der Waals surface area contributed by atoms with Crippen LogP contribution in [0.25, 0.3) is 0 Å². The fourth-order valence-electron chi connectivity index (χ4n) is 3.60. The Balaban J connectivity index is 0.00000341. The first-order valence-electron chi connectivity index (χ1n) is 9.96. The molecule has 1 aromatic rings. The summed E-state index contributed by atoms with van der Waals surface area (Å²) in [5.41, 5.74) is 1.51. The van der Waals surface area contributed by atoms with Crippen molar-refractivity contribution >= 4 is 51.6 Å². The van der Waals surface area contributed by atoms with E-state index in [4.69, 9.17) is 0 Å². The van der Waals surface area contributed by atoms with E-state index in [1.165, 1.54) is 0 Å². The number of amides is 2. The number of halogens is 1. The third-order valence-electron chi connectivity index (χ3n) is 5.53. The summed E-state index contributed by atoms with van der Waals surface area (Å²) in [7, 11) is -1.44. The minimum absolute atomic E-state index is 0. The Bertz CT molecular complexity index is 947. The number of benzene rings is 1. The summed E-state index contributed by atoms with van der Waals surface area (Å²) in [6, 6.07) is 7.24. The van der Waals surface area contributed by atoms with E-state index in [1.54, 1.807) is 37.9 Å². The molecule has 0 unspecified atom stereocenters. The molecule has 11 heteroatoms. The van der Waals surface area contributed by atoms with Gasteiger partial charge in [0.1, 0.15) is 0 Å². The lowest BCUT2D eigenvalue weighted by molar-refractivity contribution is -0.123. The largest absolute Gasteiger partial charge is 0.353 e. The standard InChI is InChI=1S/C20H29N5O4S.HI/c1-20(2)14-25(10-11-30(20,28)29)19(21-3)23-12-15-4-6-16(7-5-15)18(27)24-9-8-22-17(26)13-24;/h4-7H,8-14H2,1-3H3,(H,21,23)(H,22,26);1H. The number of aliphatic imine (C=N–C) groups is 1. The van der Waals surface area contributed by atoms with Crippen LogP contribution in [0.1, 0.15) is 29.8 Å². The number of nitrogens with one attached hydrogen (secondary N) is 2. The van der Waals surface area contributed by atoms with Crippen LogP contribution in [0.5, 0.6) is 0 Å². The Labute approximate surface area is 200 Å². The fraction of sp³-hybridized carbons (Fsp3) is 0.550. The molecule has 3 rings (SSSR count). The number of sulfone groups is 1. The third kappa shape index (κ3) is 5.88. The van der Waals surface area contributed by atoms with E-state index in [0.29, 0.717) is 44.2 Å². The van der Waals surface area contributed by atoms with E-state index in [1.807, 2.05) is 17.0 Å². The van der Waals surface area contributed by atoms with E-state index < -0.39 is 14.6 Å². The van der Waals surface area contributed by atoms with Crippen LogP contribution < -0.4 is 10.6 Å². The zero-order valence-corrected chi connectivity index (χ0v) is 21.2. The number of hydrogen-bond donors (Lipinski definition) is 2. The van der Waals surface area contributed by atoms with Gasteiger partial charge in [-0.2, -0.15) is 0 Å². The highest BCUT2D eigenvalue weighted by molar-refractivity contribution is 14.0. The summed E-state index contributed by atoms with van der Waals surface area (Å²) in [4.78, 5) is 31.8. The fourth-order valence-corrected chi connectivity index (χ4v) is 4.96. The van der Waals surface area contributed by atoms with Gasteiger partial charge in [-0.05, 0) is 31.5 Å². The second-order valence-electron chi connectivity index (χ2n) is 8.17. The van der Waals surface area contributed by atoms with Crippen LogP contribution in [0.3, 0.4) is 0 Å². The number of guanidine groups is 1. The molecule has 0 atom stereocenters. The highest BCUT2D eigenvalue weighted by atomic mass is 127. The Kier molecular flexibility index (Phi) is 8.31. The van der Waals surface area contributed by atoms with Crippen LogP contribution in [-0.2, 0) is 21.2 Å². The lowest BCUT2D eigenvalue weighted by Crippen LogP contribution is -2.57. The Morgan fingerprint density at radius 3 is 2.45 bits per heavy atom. The summed E-state index contributed by atoms with van der Waals surface area (Å²) in [6.07, 6.45) is 0. The number of carbonyl (C=O) groups is 2. The van der Waals surface area contributed by atoms with Gasteiger partial charge in [-0.3, -0.25) is 14.6 Å². The minimum atomic E-state index is -3.11. The zero-order chi connectivity index (χ0) is 21.9. The number of carbonyl (C=O) groups excluding carboxylic acids is 2. The van der Waals surface area contributed by atoms with Crippen molar-refractivity contribution in [2.45, 2.75) is 25.1 Å². The second-order valence-corrected chi connectivity index (χ2v) is 10.9. The van der Waals surface area contributed by atoms with E-state index in [-0.39, 0.29) is 48.1 Å². The van der Waals surface area contributed by atoms with Gasteiger partial charge >= 0.3 is 0 Å². The van der Waals surface area contributed by atoms with Crippen molar-refractivity contribution in [2.75, 3.05) is 45.5 Å². The second kappa shape index (κ2) is 10.2. The first kappa shape index (κ1) is 25.4. The van der Waals surface area contributed by atoms with Crippen LogP contribution in [-0.4, -0.2) is 86.3 Å². The lowest BCUT2D eigenvalue weighted by Gasteiger charge is -2.39. The average Bonchev–Trinajstić information content (AvgIpc) is 2.71. The van der Waals surface area contributed by atoms with Crippen molar-refractivity contribution in [1.29, 1.82) is 0 Å². The minimum Gasteiger partial charge on any atom is -0.353 e. The molecule has 1 aromatic carbocycles. The molecule has 2 heterocycles. The third-order valence-corrected chi connectivity index (χ3v) is 8.06. The molecular weight excluding hydrogens is 533 g/mol. The normalized spacial score (nSPS) is 20.5. The molecule has 2 amide bonds. The van der Waals surface area contributed by atoms with Gasteiger partial charge in [0.15, 0.2) is 15.8 Å². The van der Waals surface area contributed by atoms with Crippen molar-refractivity contribution in [3.63, 3.8) is 0 Å². The predicted octanol–water partition coefficient (Wildman–Crippen LogP) is 0.461. The quantitative estimate of drug-likeness (QED) is 0.314. The summed E-state index contributed by atoms with van der Waals surface area (Å²) >= 11 is 0. The molecule has 2 fully saturated rings. The Morgan fingerprint density at radius 1 is 1.19 bits per heavy atom. The van der Waals surface area contributed by atoms with Gasteiger partial charge in [-0.15, -0.1) is 24.0 Å². The molecule has 0 aliphatic carbocycles. The van der Waals surface area contributed by atoms with Gasteiger partial charge in [-0.1, -0.05) is 12.1 Å². The molecule has 0 spiro atoms. The monoisotopic (exact) mass is 563 g/mol. The van der Waals surface area contributed by atoms with Crippen molar-refractivity contribution in [3.8, 4) is 0 Å². The summed E-state index contributed by atoms with van der Waals surface area (Å²) in [5.74, 6) is 0.455. The van der Waals surface area contributed by atoms with E-state index in [2.05, 4.69) is 15.6 Å². The molecule has 2 aliphatic rings. The maximum Gasteiger partial charge on any atom is 0.254 e. The van der Waals surface area contributed by atoms with Gasteiger partial charge in [0.2, 0.25) is 5.91 Å². The Hall–Kier alpha value is -1.89. The van der Waals surface area contributed by atoms with Crippen LogP contribution in [0.15, 0.2) is 29.3 Å². The van der Waals surface area contributed by atoms with Gasteiger partial charge in [0, 0.05) is 45.3 Å². The molecular formula is C20H30IN5O4S. The number of nitrogens with zero attached hydrogens (tertiary/aromatic N) is 3. The molecule has 2 aliphatic heterocycles. The van der Waals surface area contributed by atoms with Gasteiger partial charge in [0.05, 0.1) is 17.0 Å². The molecule has 31 heavy (non-hydrogen) atoms. The molecule has 2 N–H and O–H groups in total. The van der Waals surface area contributed by atoms with Gasteiger partial charge in [0.25, 0.3) is 5.91 Å². The maximum absolute atomic E-state index is 12.5. The van der Waals surface area contributed by atoms with Crippen LogP contribution in [0.2, 0.25) is 0 Å². The molecule has 172 valence electrons. The van der Waals surface area contributed by atoms with Crippen LogP contribution >= 0.6 is 24.0 Å². The van der Waals surface area contributed by atoms with Crippen LogP contribution in [0.4, 0.5) is 0 Å². The molecule has 2 saturated heterocycles. The topological polar surface area (TPSA) is 111 Å². The Morgan fingerprint density at radius 2 is 1.87 bits per heavy atom. The highest BCUT2D eigenvalue weighted by Crippen LogP contribution is 2.23. The molecule has 0 aromatic heterocycles. The van der Waals surface area contributed by atoms with Crippen LogP contribution in [0, 0.1) is 0 Å². The van der Waals surface area contributed by atoms with Gasteiger partial charge in [-0.25, -0.2) is 8.42 Å². The number of piperazine rings is 1. The van der Waals surface area contributed by atoms with Crippen molar-refractivity contribution < 1.29 is 18.0 Å². The smallest absolute Gasteiger partial charge is 0.254 e. The average molecular weight is 563 g/mol. The summed E-state index contributed by atoms with van der Waals surface area (Å²) in [6.45, 7) is 5.82. The SMILES string of the molecule is CN=C(NCc1ccc(C(=O)N2CCNC(=O)C2)cc1)N1CCS(=O)(=O)C(C)(C)C1.I. The molecule has 0 radical (unpaired) electrons. The number of hydrogen-bond acceptors (Lipinski definition) is 5. The van der Waals surface area contributed by atoms with Crippen molar-refractivity contribution in [2.24, 2.45) is 4.99 Å². The van der Waals surface area contributed by atoms with E-state index in [0.717, 1.165) is 5.56 Å². The lowest BCUT2D eigenvalue weighted by atomic mass is 10.1. The molecule has 9 nitrogen and oxygen atoms in total. The van der Waals surface area contributed by atoms with E-state index in [9.17, 15) is 18.0 Å². The number of rotatable bonds is 3. The molecule has 0 bridgehead atoms. The summed E-state index contributed by atoms with van der Waals surface area (Å²) < 4.78 is 23.6. The highest BCUT2D eigenvalue weighted by Gasteiger charge is 2.40. The van der Waals surface area contributed by atoms with E-state index >= 15 is 0 Å². The van der Waals surface area contributed by atoms with Gasteiger partial charge < -0.3 is 20.4 Å². The maximum atomic E-state index is 12.5. The molecule has 0 saturated carbocycles. The predicted molar refractivity (Wildman–Crippen MR) is 130 cm³/mol. The first-order chi connectivity index (χ1) is 14.1. The zero-order valence-electron chi connectivity index (χ0n) is 18.1. The first-order valence-corrected chi connectivity index (χ1v) is 11.6. The van der Waals surface area contributed by atoms with Crippen molar-refractivity contribution in [1.82, 2.24) is 20.4 Å². The van der Waals surface area contributed by atoms with Crippen molar-refractivity contribution in [3.05, 3.63) is 35.4 Å².